The first-order valence-corrected chi connectivity index (χ1v) is 2.92. The van der Waals surface area contributed by atoms with Gasteiger partial charge in [-0.05, 0) is 0 Å². The summed E-state index contributed by atoms with van der Waals surface area (Å²) in [7, 11) is 0. The largest absolute Gasteiger partial charge is 1.00 e. The van der Waals surface area contributed by atoms with Crippen LogP contribution in [0.1, 0.15) is 20.3 Å². The summed E-state index contributed by atoms with van der Waals surface area (Å²) in [5, 5.41) is 0. The van der Waals surface area contributed by atoms with Gasteiger partial charge in [0, 0.05) is 0 Å². The molecule has 0 rings (SSSR count). The van der Waals surface area contributed by atoms with Gasteiger partial charge in [0.1, 0.15) is 0 Å². The molecule has 0 N–H and O–H groups in total. The fourth-order valence-corrected chi connectivity index (χ4v) is 0. The summed E-state index contributed by atoms with van der Waals surface area (Å²) in [5.74, 6) is 0. The molecule has 0 fully saturated rings. The predicted octanol–water partition coefficient (Wildman–Crippen LogP) is -1.62. The molecule has 0 saturated heterocycles. The first-order valence-electron chi connectivity index (χ1n) is 1.93. The Morgan fingerprint density at radius 2 is 1.83 bits per heavy atom. The molecule has 0 nitrogen and oxygen atoms in total. The third-order valence-corrected chi connectivity index (χ3v) is 1.27. The molecule has 0 aromatic heterocycles. The maximum Gasteiger partial charge on any atom is 1.00 e. The van der Waals surface area contributed by atoms with Gasteiger partial charge in [0.25, 0.3) is 0 Å². The third-order valence-electron chi connectivity index (χ3n) is 0.575. The number of rotatable bonds is 1. The molecule has 0 aliphatic carbocycles. The van der Waals surface area contributed by atoms with Crippen molar-refractivity contribution in [3.63, 3.8) is 0 Å². The molecule has 1 atom stereocenters. The van der Waals surface area contributed by atoms with E-state index in [4.69, 9.17) is 0 Å². The molecule has 0 spiro atoms. The van der Waals surface area contributed by atoms with Crippen LogP contribution in [0.3, 0.4) is 0 Å². The molecule has 6 heavy (non-hydrogen) atoms. The van der Waals surface area contributed by atoms with Crippen molar-refractivity contribution in [2.24, 2.45) is 0 Å². The van der Waals surface area contributed by atoms with E-state index in [9.17, 15) is 0 Å². The summed E-state index contributed by atoms with van der Waals surface area (Å²) in [6.45, 7) is 4.33. The molecule has 0 heterocycles. The van der Waals surface area contributed by atoms with Crippen LogP contribution in [-0.4, -0.2) is 16.0 Å². The Labute approximate surface area is 60.1 Å². The van der Waals surface area contributed by atoms with Crippen LogP contribution >= 0.6 is 0 Å². The van der Waals surface area contributed by atoms with E-state index in [1.165, 1.54) is 6.42 Å². The zero-order valence-corrected chi connectivity index (χ0v) is 6.41. The zero-order chi connectivity index (χ0) is 4.28. The Hall–Kier alpha value is 1.12. The van der Waals surface area contributed by atoms with Crippen LogP contribution in [0.25, 0.3) is 0 Å². The molecular weight excluding hydrogens is 134 g/mol. The summed E-state index contributed by atoms with van der Waals surface area (Å²) in [4.78, 5) is 0.759. The van der Waals surface area contributed by atoms with Gasteiger partial charge in [0.05, 0.1) is 0 Å². The van der Waals surface area contributed by atoms with Crippen molar-refractivity contribution in [3.05, 3.63) is 0 Å². The van der Waals surface area contributed by atoms with E-state index in [0.717, 1.165) is 4.82 Å². The first kappa shape index (κ1) is 10.2. The topological polar surface area (TPSA) is 0 Å². The standard InChI is InChI=1S/C4H10Se.Li/c1-3-4(2)5;/h4-5H,3H2,1-2H3;/q;+1/p-1. The van der Waals surface area contributed by atoms with E-state index in [1.807, 2.05) is 0 Å². The second kappa shape index (κ2) is 6.12. The van der Waals surface area contributed by atoms with Gasteiger partial charge in [-0.25, -0.2) is 0 Å². The molecule has 0 aliphatic rings. The predicted molar refractivity (Wildman–Crippen MR) is 25.5 cm³/mol. The first-order chi connectivity index (χ1) is 2.27. The summed E-state index contributed by atoms with van der Waals surface area (Å²) in [6.07, 6.45) is 1.25. The fourth-order valence-electron chi connectivity index (χ4n) is 0. The van der Waals surface area contributed by atoms with Crippen molar-refractivity contribution in [3.8, 4) is 0 Å². The van der Waals surface area contributed by atoms with E-state index in [2.05, 4.69) is 29.9 Å². The van der Waals surface area contributed by atoms with Crippen LogP contribution in [0, 0.1) is 0 Å². The van der Waals surface area contributed by atoms with Crippen molar-refractivity contribution < 1.29 is 18.9 Å². The molecule has 32 valence electrons. The summed E-state index contributed by atoms with van der Waals surface area (Å²) >= 11 is 2.99. The summed E-state index contributed by atoms with van der Waals surface area (Å²) < 4.78 is 0. The maximum absolute atomic E-state index is 2.99. The number of hydrogen-bond acceptors (Lipinski definition) is 0. The molecular formula is C4H9LiSe. The zero-order valence-electron chi connectivity index (χ0n) is 4.69. The van der Waals surface area contributed by atoms with Gasteiger partial charge in [0.15, 0.2) is 0 Å². The minimum Gasteiger partial charge on any atom is 1.00 e. The molecule has 0 saturated carbocycles. The van der Waals surface area contributed by atoms with Crippen molar-refractivity contribution in [1.29, 1.82) is 0 Å². The van der Waals surface area contributed by atoms with Gasteiger partial charge in [-0.3, -0.25) is 0 Å². The molecule has 0 amide bonds. The second-order valence-corrected chi connectivity index (χ2v) is 2.91. The van der Waals surface area contributed by atoms with E-state index < -0.39 is 0 Å². The Bertz CT molecular complexity index is 21.5. The van der Waals surface area contributed by atoms with Gasteiger partial charge >= 0.3 is 60.0 Å². The maximum atomic E-state index is 2.99. The molecule has 0 aromatic carbocycles. The van der Waals surface area contributed by atoms with Crippen LogP contribution in [0.15, 0.2) is 0 Å². The Kier molecular flexibility index (Phi) is 10.4. The Morgan fingerprint density at radius 3 is 1.83 bits per heavy atom. The van der Waals surface area contributed by atoms with Gasteiger partial charge in [-0.15, -0.1) is 0 Å². The minimum atomic E-state index is 0. The Morgan fingerprint density at radius 1 is 1.67 bits per heavy atom. The van der Waals surface area contributed by atoms with Crippen molar-refractivity contribution in [2.75, 3.05) is 0 Å². The van der Waals surface area contributed by atoms with Gasteiger partial charge in [-0.1, -0.05) is 0 Å². The monoisotopic (exact) mass is 144 g/mol. The molecule has 2 heteroatoms. The minimum absolute atomic E-state index is 0. The average molecular weight is 143 g/mol. The molecule has 0 aliphatic heterocycles. The van der Waals surface area contributed by atoms with Crippen LogP contribution in [0.4, 0.5) is 0 Å². The van der Waals surface area contributed by atoms with Crippen molar-refractivity contribution >= 4 is 16.0 Å². The fraction of sp³-hybridized carbons (Fsp3) is 1.00. The van der Waals surface area contributed by atoms with E-state index >= 15 is 0 Å². The van der Waals surface area contributed by atoms with Crippen molar-refractivity contribution in [2.45, 2.75) is 25.1 Å². The summed E-state index contributed by atoms with van der Waals surface area (Å²) in [6, 6.07) is 0. The Balaban J connectivity index is 0. The number of hydrogen-bond donors (Lipinski definition) is 0. The normalized spacial score (nSPS) is 12.5. The second-order valence-electron chi connectivity index (χ2n) is 1.22. The molecule has 0 radical (unpaired) electrons. The SMILES string of the molecule is CCC(C)[Se-].[Li+]. The molecule has 0 bridgehead atoms. The third kappa shape index (κ3) is 8.93. The van der Waals surface area contributed by atoms with Crippen LogP contribution in [-0.2, 0) is 0 Å². The average Bonchev–Trinajstić information content (AvgIpc) is 1.38. The van der Waals surface area contributed by atoms with Crippen LogP contribution < -0.4 is 18.9 Å². The van der Waals surface area contributed by atoms with E-state index in [1.54, 1.807) is 0 Å². The molecule has 1 unspecified atom stereocenters. The van der Waals surface area contributed by atoms with Gasteiger partial charge in [0.2, 0.25) is 0 Å². The van der Waals surface area contributed by atoms with Gasteiger partial charge in [-0.2, -0.15) is 0 Å². The van der Waals surface area contributed by atoms with E-state index in [-0.39, 0.29) is 18.9 Å². The van der Waals surface area contributed by atoms with Gasteiger partial charge < -0.3 is 0 Å². The van der Waals surface area contributed by atoms with Crippen LogP contribution in [0.2, 0.25) is 4.82 Å². The van der Waals surface area contributed by atoms with Crippen LogP contribution in [0.5, 0.6) is 0 Å². The quantitative estimate of drug-likeness (QED) is 0.387. The van der Waals surface area contributed by atoms with Crippen molar-refractivity contribution in [1.82, 2.24) is 0 Å². The molecule has 0 aromatic rings. The summed E-state index contributed by atoms with van der Waals surface area (Å²) in [5.41, 5.74) is 0. The smallest absolute Gasteiger partial charge is 1.00 e. The van der Waals surface area contributed by atoms with E-state index in [0.29, 0.717) is 0 Å².